The van der Waals surface area contributed by atoms with Crippen LogP contribution in [0.1, 0.15) is 37.0 Å². The van der Waals surface area contributed by atoms with E-state index in [0.29, 0.717) is 25.4 Å². The molecule has 26 heavy (non-hydrogen) atoms. The average Bonchev–Trinajstić information content (AvgIpc) is 2.92. The highest BCUT2D eigenvalue weighted by Gasteiger charge is 2.35. The first-order valence-corrected chi connectivity index (χ1v) is 8.70. The lowest BCUT2D eigenvalue weighted by Gasteiger charge is -2.23. The van der Waals surface area contributed by atoms with Gasteiger partial charge in [0.1, 0.15) is 5.56 Å². The van der Waals surface area contributed by atoms with E-state index in [-0.39, 0.29) is 47.8 Å². The third-order valence-corrected chi connectivity index (χ3v) is 4.85. The summed E-state index contributed by atoms with van der Waals surface area (Å²) in [4.78, 5) is 37.5. The molecule has 1 amide bonds. The van der Waals surface area contributed by atoms with Gasteiger partial charge in [-0.2, -0.15) is 0 Å². The predicted molar refractivity (Wildman–Crippen MR) is 102 cm³/mol. The highest BCUT2D eigenvalue weighted by Crippen LogP contribution is 2.25. The van der Waals surface area contributed by atoms with Gasteiger partial charge in [0.15, 0.2) is 0 Å². The maximum Gasteiger partial charge on any atom is 0.303 e. The van der Waals surface area contributed by atoms with Gasteiger partial charge in [-0.15, -0.1) is 12.4 Å². The van der Waals surface area contributed by atoms with Crippen molar-refractivity contribution in [3.05, 3.63) is 34.2 Å². The smallest absolute Gasteiger partial charge is 0.303 e. The van der Waals surface area contributed by atoms with E-state index >= 15 is 0 Å². The second-order valence-electron chi connectivity index (χ2n) is 7.08. The minimum atomic E-state index is -0.788. The number of carboxylic acid groups (broad SMARTS) is 1. The lowest BCUT2D eigenvalue weighted by Crippen LogP contribution is -2.44. The Hall–Kier alpha value is -1.86. The van der Waals surface area contributed by atoms with Crippen molar-refractivity contribution in [2.75, 3.05) is 19.6 Å². The van der Waals surface area contributed by atoms with E-state index in [1.807, 2.05) is 0 Å². The molecule has 2 atom stereocenters. The molecule has 1 aromatic heterocycles. The highest BCUT2D eigenvalue weighted by atomic mass is 35.5. The minimum Gasteiger partial charge on any atom is -0.481 e. The highest BCUT2D eigenvalue weighted by molar-refractivity contribution is 5.94. The molecule has 2 heterocycles. The van der Waals surface area contributed by atoms with Crippen LogP contribution in [-0.4, -0.2) is 52.1 Å². The molecule has 2 N–H and O–H groups in total. The summed E-state index contributed by atoms with van der Waals surface area (Å²) in [7, 11) is 1.62. The Labute approximate surface area is 159 Å². The number of carbonyl (C=O) groups is 2. The van der Waals surface area contributed by atoms with Crippen molar-refractivity contribution in [2.24, 2.45) is 18.9 Å². The van der Waals surface area contributed by atoms with Crippen molar-refractivity contribution >= 4 is 24.3 Å². The number of carboxylic acids is 1. The Kier molecular flexibility index (Phi) is 8.30. The molecule has 8 heteroatoms. The minimum absolute atomic E-state index is 0. The van der Waals surface area contributed by atoms with Gasteiger partial charge >= 0.3 is 5.97 Å². The summed E-state index contributed by atoms with van der Waals surface area (Å²) >= 11 is 0. The molecule has 1 saturated heterocycles. The first-order chi connectivity index (χ1) is 11.8. The van der Waals surface area contributed by atoms with Crippen molar-refractivity contribution in [3.8, 4) is 0 Å². The lowest BCUT2D eigenvalue weighted by molar-refractivity contribution is -0.137. The van der Waals surface area contributed by atoms with Gasteiger partial charge in [0, 0.05) is 38.8 Å². The normalized spacial score (nSPS) is 20.0. The van der Waals surface area contributed by atoms with Gasteiger partial charge in [0.2, 0.25) is 0 Å². The van der Waals surface area contributed by atoms with Gasteiger partial charge in [0.05, 0.1) is 0 Å². The second kappa shape index (κ2) is 9.73. The number of hydrogen-bond donors (Lipinski definition) is 2. The van der Waals surface area contributed by atoms with Gasteiger partial charge in [-0.3, -0.25) is 14.4 Å². The molecule has 7 nitrogen and oxygen atoms in total. The number of pyridine rings is 1. The number of aryl methyl sites for hydroxylation is 1. The first-order valence-electron chi connectivity index (χ1n) is 8.70. The largest absolute Gasteiger partial charge is 0.481 e. The van der Waals surface area contributed by atoms with Gasteiger partial charge in [-0.1, -0.05) is 13.8 Å². The van der Waals surface area contributed by atoms with Crippen molar-refractivity contribution in [1.82, 2.24) is 14.8 Å². The van der Waals surface area contributed by atoms with Gasteiger partial charge in [-0.25, -0.2) is 0 Å². The molecule has 1 aliphatic rings. The van der Waals surface area contributed by atoms with Crippen LogP contribution in [0.2, 0.25) is 0 Å². The second-order valence-corrected chi connectivity index (χ2v) is 7.08. The Morgan fingerprint density at radius 3 is 2.65 bits per heavy atom. The molecular weight excluding hydrogens is 358 g/mol. The van der Waals surface area contributed by atoms with E-state index in [9.17, 15) is 14.4 Å². The van der Waals surface area contributed by atoms with Gasteiger partial charge < -0.3 is 19.9 Å². The van der Waals surface area contributed by atoms with Crippen LogP contribution >= 0.6 is 12.4 Å². The predicted octanol–water partition coefficient (Wildman–Crippen LogP) is 1.36. The fraction of sp³-hybridized carbons (Fsp3) is 0.611. The Morgan fingerprint density at radius 1 is 1.35 bits per heavy atom. The van der Waals surface area contributed by atoms with Gasteiger partial charge in [-0.05, 0) is 36.9 Å². The fourth-order valence-corrected chi connectivity index (χ4v) is 3.39. The number of halogens is 1. The molecule has 1 aliphatic heterocycles. The maximum atomic E-state index is 12.5. The molecule has 0 unspecified atom stereocenters. The van der Waals surface area contributed by atoms with Crippen LogP contribution in [0.25, 0.3) is 0 Å². The van der Waals surface area contributed by atoms with Crippen LogP contribution in [-0.2, 0) is 11.8 Å². The molecule has 1 aromatic rings. The molecule has 2 rings (SSSR count). The van der Waals surface area contributed by atoms with E-state index in [2.05, 4.69) is 24.1 Å². The third kappa shape index (κ3) is 5.57. The Morgan fingerprint density at radius 2 is 2.04 bits per heavy atom. The zero-order valence-electron chi connectivity index (χ0n) is 15.5. The monoisotopic (exact) mass is 385 g/mol. The van der Waals surface area contributed by atoms with Crippen molar-refractivity contribution in [2.45, 2.75) is 32.7 Å². The molecule has 0 radical (unpaired) electrons. The summed E-state index contributed by atoms with van der Waals surface area (Å²) in [6, 6.07) is 3.19. The summed E-state index contributed by atoms with van der Waals surface area (Å²) in [5, 5.41) is 11.8. The average molecular weight is 386 g/mol. The number of rotatable bonds is 7. The summed E-state index contributed by atoms with van der Waals surface area (Å²) < 4.78 is 1.39. The van der Waals surface area contributed by atoms with Gasteiger partial charge in [0.25, 0.3) is 11.5 Å². The molecule has 0 aliphatic carbocycles. The van der Waals surface area contributed by atoms with E-state index in [1.54, 1.807) is 25.4 Å². The number of nitrogens with zero attached hydrogens (tertiary/aromatic N) is 2. The molecule has 0 aromatic carbocycles. The van der Waals surface area contributed by atoms with Crippen molar-refractivity contribution in [3.63, 3.8) is 0 Å². The number of nitrogens with one attached hydrogen (secondary N) is 1. The SMILES string of the molecule is CC(C)[C@H]1CN(CCCC(=O)O)C[C@@H]1NC(=O)c1cccn(C)c1=O.Cl. The van der Waals surface area contributed by atoms with Crippen molar-refractivity contribution in [1.29, 1.82) is 0 Å². The summed E-state index contributed by atoms with van der Waals surface area (Å²) in [5.74, 6) is -0.469. The first kappa shape index (κ1) is 22.2. The fourth-order valence-electron chi connectivity index (χ4n) is 3.39. The maximum absolute atomic E-state index is 12.5. The summed E-state index contributed by atoms with van der Waals surface area (Å²) in [6.07, 6.45) is 2.37. The number of hydrogen-bond acceptors (Lipinski definition) is 4. The third-order valence-electron chi connectivity index (χ3n) is 4.85. The Balaban J connectivity index is 0.00000338. The molecule has 0 saturated carbocycles. The van der Waals surface area contributed by atoms with Crippen LogP contribution in [0.15, 0.2) is 23.1 Å². The van der Waals surface area contributed by atoms with Crippen LogP contribution < -0.4 is 10.9 Å². The number of carbonyl (C=O) groups excluding carboxylic acids is 1. The topological polar surface area (TPSA) is 91.6 Å². The van der Waals surface area contributed by atoms with Crippen LogP contribution in [0, 0.1) is 11.8 Å². The molecule has 1 fully saturated rings. The molecular formula is C18H28ClN3O4. The Bertz CT molecular complexity index is 689. The summed E-state index contributed by atoms with van der Waals surface area (Å²) in [5.41, 5.74) is -0.158. The molecule has 0 spiro atoms. The standard InChI is InChI=1S/C18H27N3O4.ClH/c1-12(2)14-10-21(9-5-7-16(22)23)11-15(14)19-17(24)13-6-4-8-20(3)18(13)25;/h4,6,8,12,14-15H,5,7,9-11H2,1-3H3,(H,19,24)(H,22,23);1H/t14-,15+;/m1./s1. The number of aliphatic carboxylic acids is 1. The van der Waals surface area contributed by atoms with E-state index in [0.717, 1.165) is 6.54 Å². The number of likely N-dealkylation sites (tertiary alicyclic amines) is 1. The van der Waals surface area contributed by atoms with E-state index in [4.69, 9.17) is 5.11 Å². The summed E-state index contributed by atoms with van der Waals surface area (Å²) in [6.45, 7) is 6.45. The zero-order chi connectivity index (χ0) is 18.6. The van der Waals surface area contributed by atoms with E-state index in [1.165, 1.54) is 4.57 Å². The molecule has 0 bridgehead atoms. The lowest BCUT2D eigenvalue weighted by atomic mass is 9.91. The van der Waals surface area contributed by atoms with Crippen molar-refractivity contribution < 1.29 is 14.7 Å². The number of amides is 1. The van der Waals surface area contributed by atoms with Crippen LogP contribution in [0.5, 0.6) is 0 Å². The van der Waals surface area contributed by atoms with Crippen LogP contribution in [0.3, 0.4) is 0 Å². The molecule has 146 valence electrons. The zero-order valence-corrected chi connectivity index (χ0v) is 16.3. The van der Waals surface area contributed by atoms with E-state index < -0.39 is 5.97 Å². The van der Waals surface area contributed by atoms with Crippen LogP contribution in [0.4, 0.5) is 0 Å². The number of aromatic nitrogens is 1. The quantitative estimate of drug-likeness (QED) is 0.739.